The summed E-state index contributed by atoms with van der Waals surface area (Å²) in [4.78, 5) is 4.28. The number of benzene rings is 1. The van der Waals surface area contributed by atoms with Crippen LogP contribution in [-0.4, -0.2) is 17.6 Å². The number of nitrogens with zero attached hydrogens (tertiary/aromatic N) is 1. The quantitative estimate of drug-likeness (QED) is 0.872. The number of aromatic nitrogens is 1. The van der Waals surface area contributed by atoms with Gasteiger partial charge in [-0.3, -0.25) is 0 Å². The lowest BCUT2D eigenvalue weighted by Crippen LogP contribution is -2.11. The van der Waals surface area contributed by atoms with E-state index in [1.165, 1.54) is 12.1 Å². The minimum atomic E-state index is -0.209. The Kier molecular flexibility index (Phi) is 4.93. The van der Waals surface area contributed by atoms with Gasteiger partial charge in [0, 0.05) is 12.7 Å². The highest BCUT2D eigenvalue weighted by Gasteiger charge is 2.05. The largest absolute Gasteiger partial charge is 0.487 e. The van der Waals surface area contributed by atoms with Crippen LogP contribution in [0.3, 0.4) is 0 Å². The average molecular weight is 274 g/mol. The maximum atomic E-state index is 12.8. The van der Waals surface area contributed by atoms with Gasteiger partial charge >= 0.3 is 0 Å². The molecule has 1 aromatic carbocycles. The van der Waals surface area contributed by atoms with E-state index in [0.717, 1.165) is 30.1 Å². The summed E-state index contributed by atoms with van der Waals surface area (Å²) in [6, 6.07) is 10.3. The fourth-order valence-corrected chi connectivity index (χ4v) is 1.85. The molecule has 0 aliphatic rings. The van der Waals surface area contributed by atoms with E-state index in [9.17, 15) is 4.39 Å². The minimum Gasteiger partial charge on any atom is -0.487 e. The maximum Gasteiger partial charge on any atom is 0.168 e. The van der Waals surface area contributed by atoms with Crippen LogP contribution in [0.4, 0.5) is 10.2 Å². The summed E-state index contributed by atoms with van der Waals surface area (Å²) >= 11 is 0. The van der Waals surface area contributed by atoms with Crippen LogP contribution in [0.5, 0.6) is 5.75 Å². The Morgan fingerprint density at radius 2 is 1.95 bits per heavy atom. The summed E-state index contributed by atoms with van der Waals surface area (Å²) in [5, 5.41) is 3.25. The van der Waals surface area contributed by atoms with Crippen LogP contribution >= 0.6 is 0 Å². The van der Waals surface area contributed by atoms with Crippen molar-refractivity contribution in [2.45, 2.75) is 26.4 Å². The van der Waals surface area contributed by atoms with Crippen LogP contribution in [-0.2, 0) is 6.42 Å². The smallest absolute Gasteiger partial charge is 0.168 e. The Morgan fingerprint density at radius 1 is 1.20 bits per heavy atom. The molecule has 0 spiro atoms. The molecule has 0 bridgehead atoms. The molecule has 0 fully saturated rings. The molecule has 3 nitrogen and oxygen atoms in total. The molecule has 0 unspecified atom stereocenters. The van der Waals surface area contributed by atoms with E-state index in [1.54, 1.807) is 18.3 Å². The molecule has 20 heavy (non-hydrogen) atoms. The summed E-state index contributed by atoms with van der Waals surface area (Å²) in [5.41, 5.74) is 1.08. The zero-order chi connectivity index (χ0) is 14.4. The van der Waals surface area contributed by atoms with Crippen LogP contribution in [0.2, 0.25) is 0 Å². The highest BCUT2D eigenvalue weighted by atomic mass is 19.1. The number of hydrogen-bond donors (Lipinski definition) is 1. The van der Waals surface area contributed by atoms with Crippen molar-refractivity contribution in [3.05, 3.63) is 54.0 Å². The summed E-state index contributed by atoms with van der Waals surface area (Å²) in [6.07, 6.45) is 2.64. The van der Waals surface area contributed by atoms with Gasteiger partial charge in [0.15, 0.2) is 11.6 Å². The molecule has 0 radical (unpaired) electrons. The van der Waals surface area contributed by atoms with Gasteiger partial charge in [-0.2, -0.15) is 0 Å². The maximum absolute atomic E-state index is 12.8. The number of rotatable bonds is 6. The summed E-state index contributed by atoms with van der Waals surface area (Å²) in [6.45, 7) is 4.68. The van der Waals surface area contributed by atoms with Gasteiger partial charge in [0.1, 0.15) is 5.82 Å². The first-order chi connectivity index (χ1) is 9.65. The predicted molar refractivity (Wildman–Crippen MR) is 78.6 cm³/mol. The Bertz CT molecular complexity index is 540. The first kappa shape index (κ1) is 14.3. The molecule has 2 aromatic rings. The molecule has 0 atom stereocenters. The highest BCUT2D eigenvalue weighted by Crippen LogP contribution is 2.21. The van der Waals surface area contributed by atoms with Crippen LogP contribution < -0.4 is 10.1 Å². The van der Waals surface area contributed by atoms with Crippen molar-refractivity contribution in [1.29, 1.82) is 0 Å². The van der Waals surface area contributed by atoms with E-state index in [-0.39, 0.29) is 11.9 Å². The molecular weight excluding hydrogens is 255 g/mol. The number of pyridine rings is 1. The lowest BCUT2D eigenvalue weighted by molar-refractivity contribution is 0.243. The van der Waals surface area contributed by atoms with E-state index in [4.69, 9.17) is 4.74 Å². The van der Waals surface area contributed by atoms with Crippen LogP contribution in [0, 0.1) is 5.82 Å². The number of ether oxygens (including phenoxy) is 1. The van der Waals surface area contributed by atoms with Crippen LogP contribution in [0.1, 0.15) is 19.4 Å². The summed E-state index contributed by atoms with van der Waals surface area (Å²) in [7, 11) is 0. The average Bonchev–Trinajstić information content (AvgIpc) is 2.42. The molecule has 0 aliphatic carbocycles. The molecule has 106 valence electrons. The van der Waals surface area contributed by atoms with Crippen molar-refractivity contribution in [1.82, 2.24) is 4.98 Å². The Labute approximate surface area is 118 Å². The van der Waals surface area contributed by atoms with Crippen molar-refractivity contribution in [2.24, 2.45) is 0 Å². The van der Waals surface area contributed by atoms with Crippen molar-refractivity contribution in [3.8, 4) is 5.75 Å². The Balaban J connectivity index is 1.92. The van der Waals surface area contributed by atoms with Crippen molar-refractivity contribution in [2.75, 3.05) is 11.9 Å². The molecule has 1 N–H and O–H groups in total. The Hall–Kier alpha value is -2.10. The molecule has 0 saturated heterocycles. The third kappa shape index (κ3) is 4.23. The van der Waals surface area contributed by atoms with Gasteiger partial charge in [-0.25, -0.2) is 9.37 Å². The zero-order valence-corrected chi connectivity index (χ0v) is 11.8. The van der Waals surface area contributed by atoms with E-state index in [2.05, 4.69) is 10.3 Å². The van der Waals surface area contributed by atoms with Gasteiger partial charge in [-0.1, -0.05) is 12.1 Å². The second-order valence-electron chi connectivity index (χ2n) is 4.82. The molecule has 1 heterocycles. The van der Waals surface area contributed by atoms with Gasteiger partial charge in [0.2, 0.25) is 0 Å². The summed E-state index contributed by atoms with van der Waals surface area (Å²) < 4.78 is 18.5. The normalized spacial score (nSPS) is 10.6. The van der Waals surface area contributed by atoms with E-state index >= 15 is 0 Å². The number of halogens is 1. The van der Waals surface area contributed by atoms with Gasteiger partial charge in [-0.15, -0.1) is 0 Å². The molecule has 0 saturated carbocycles. The zero-order valence-electron chi connectivity index (χ0n) is 11.8. The molecular formula is C16H19FN2O. The fraction of sp³-hybridized carbons (Fsp3) is 0.312. The van der Waals surface area contributed by atoms with Gasteiger partial charge in [-0.05, 0) is 50.1 Å². The van der Waals surface area contributed by atoms with Crippen molar-refractivity contribution in [3.63, 3.8) is 0 Å². The molecule has 0 amide bonds. The third-order valence-electron chi connectivity index (χ3n) is 2.75. The first-order valence-electron chi connectivity index (χ1n) is 6.75. The molecule has 0 aliphatic heterocycles. The minimum absolute atomic E-state index is 0.108. The Morgan fingerprint density at radius 3 is 2.65 bits per heavy atom. The van der Waals surface area contributed by atoms with E-state index in [0.29, 0.717) is 0 Å². The van der Waals surface area contributed by atoms with Gasteiger partial charge < -0.3 is 10.1 Å². The first-order valence-corrected chi connectivity index (χ1v) is 6.75. The molecule has 2 rings (SSSR count). The molecule has 1 aromatic heterocycles. The monoisotopic (exact) mass is 274 g/mol. The van der Waals surface area contributed by atoms with E-state index in [1.807, 2.05) is 26.0 Å². The second kappa shape index (κ2) is 6.89. The topological polar surface area (TPSA) is 34.1 Å². The number of hydrogen-bond acceptors (Lipinski definition) is 3. The highest BCUT2D eigenvalue weighted by molar-refractivity contribution is 5.49. The number of nitrogens with one attached hydrogen (secondary N) is 1. The lowest BCUT2D eigenvalue weighted by atomic mass is 10.1. The lowest BCUT2D eigenvalue weighted by Gasteiger charge is -2.14. The number of anilines is 1. The molecule has 4 heteroatoms. The third-order valence-corrected chi connectivity index (χ3v) is 2.75. The van der Waals surface area contributed by atoms with E-state index < -0.39 is 0 Å². The standard InChI is InChI=1S/C16H19FN2O/c1-12(2)20-15-4-3-10-18-16(15)19-11-9-13-5-7-14(17)8-6-13/h3-8,10,12H,9,11H2,1-2H3,(H,18,19). The predicted octanol–water partition coefficient (Wildman–Crippen LogP) is 3.66. The van der Waals surface area contributed by atoms with Crippen LogP contribution in [0.25, 0.3) is 0 Å². The SMILES string of the molecule is CC(C)Oc1cccnc1NCCc1ccc(F)cc1. The second-order valence-corrected chi connectivity index (χ2v) is 4.82. The van der Waals surface area contributed by atoms with Gasteiger partial charge in [0.05, 0.1) is 6.10 Å². The fourth-order valence-electron chi connectivity index (χ4n) is 1.85. The van der Waals surface area contributed by atoms with Crippen molar-refractivity contribution >= 4 is 5.82 Å². The van der Waals surface area contributed by atoms with Crippen LogP contribution in [0.15, 0.2) is 42.6 Å². The van der Waals surface area contributed by atoms with Gasteiger partial charge in [0.25, 0.3) is 0 Å². The van der Waals surface area contributed by atoms with Crippen molar-refractivity contribution < 1.29 is 9.13 Å². The summed E-state index contributed by atoms with van der Waals surface area (Å²) in [5.74, 6) is 1.28.